The highest BCUT2D eigenvalue weighted by Crippen LogP contribution is 2.35. The van der Waals surface area contributed by atoms with E-state index in [1.807, 2.05) is 69.3 Å². The average Bonchev–Trinajstić information content (AvgIpc) is 2.90. The van der Waals surface area contributed by atoms with E-state index in [4.69, 9.17) is 4.74 Å². The lowest BCUT2D eigenvalue weighted by atomic mass is 9.96. The van der Waals surface area contributed by atoms with Gasteiger partial charge in [0.1, 0.15) is 11.8 Å². The first-order valence-electron chi connectivity index (χ1n) is 11.2. The van der Waals surface area contributed by atoms with Crippen molar-refractivity contribution in [2.45, 2.75) is 45.8 Å². The monoisotopic (exact) mass is 442 g/mol. The molecular formula is C28H30N2O3. The summed E-state index contributed by atoms with van der Waals surface area (Å²) in [7, 11) is 0. The van der Waals surface area contributed by atoms with Crippen LogP contribution in [0.25, 0.3) is 11.1 Å². The van der Waals surface area contributed by atoms with Gasteiger partial charge in [-0.3, -0.25) is 9.59 Å². The van der Waals surface area contributed by atoms with Gasteiger partial charge in [-0.05, 0) is 50.5 Å². The Morgan fingerprint density at radius 3 is 2.52 bits per heavy atom. The van der Waals surface area contributed by atoms with E-state index in [1.54, 1.807) is 4.90 Å². The lowest BCUT2D eigenvalue weighted by molar-refractivity contribution is -0.142. The van der Waals surface area contributed by atoms with Crippen LogP contribution in [0.4, 0.5) is 0 Å². The number of benzene rings is 3. The number of amides is 2. The summed E-state index contributed by atoms with van der Waals surface area (Å²) in [5.74, 6) is 0.121. The van der Waals surface area contributed by atoms with Crippen molar-refractivity contribution in [3.63, 3.8) is 0 Å². The van der Waals surface area contributed by atoms with E-state index in [2.05, 4.69) is 36.5 Å². The van der Waals surface area contributed by atoms with Crippen LogP contribution in [0.15, 0.2) is 72.8 Å². The average molecular weight is 443 g/mol. The van der Waals surface area contributed by atoms with Crippen molar-refractivity contribution < 1.29 is 14.3 Å². The first-order valence-corrected chi connectivity index (χ1v) is 11.2. The Morgan fingerprint density at radius 1 is 1.03 bits per heavy atom. The molecule has 1 N–H and O–H groups in total. The van der Waals surface area contributed by atoms with Crippen molar-refractivity contribution in [1.82, 2.24) is 10.2 Å². The maximum absolute atomic E-state index is 13.5. The number of nitrogens with zero attached hydrogens (tertiary/aromatic N) is 1. The SMILES string of the molecule is Cc1cccc(-c2ccccc2CN2C(=O)COc3ccccc3C2C(=O)NC(C)(C)C)c1. The van der Waals surface area contributed by atoms with Crippen LogP contribution in [0.5, 0.6) is 5.75 Å². The minimum absolute atomic E-state index is 0.108. The second kappa shape index (κ2) is 9.10. The third-order valence-corrected chi connectivity index (χ3v) is 5.63. The van der Waals surface area contributed by atoms with Crippen LogP contribution in [0.2, 0.25) is 0 Å². The lowest BCUT2D eigenvalue weighted by Gasteiger charge is -2.32. The summed E-state index contributed by atoms with van der Waals surface area (Å²) in [6.07, 6.45) is 0. The number of carbonyl (C=O) groups is 2. The summed E-state index contributed by atoms with van der Waals surface area (Å²) in [4.78, 5) is 28.4. The Hall–Kier alpha value is -3.60. The fraction of sp³-hybridized carbons (Fsp3) is 0.286. The molecule has 0 aliphatic carbocycles. The molecule has 0 saturated carbocycles. The Labute approximate surface area is 195 Å². The van der Waals surface area contributed by atoms with Crippen LogP contribution in [-0.2, 0) is 16.1 Å². The van der Waals surface area contributed by atoms with Gasteiger partial charge in [0.05, 0.1) is 0 Å². The molecule has 1 unspecified atom stereocenters. The minimum atomic E-state index is -0.791. The van der Waals surface area contributed by atoms with Gasteiger partial charge >= 0.3 is 0 Å². The number of rotatable bonds is 4. The molecule has 2 amide bonds. The zero-order valence-electron chi connectivity index (χ0n) is 19.6. The molecule has 33 heavy (non-hydrogen) atoms. The highest BCUT2D eigenvalue weighted by Gasteiger charge is 2.37. The minimum Gasteiger partial charge on any atom is -0.483 e. The zero-order valence-corrected chi connectivity index (χ0v) is 19.6. The summed E-state index contributed by atoms with van der Waals surface area (Å²) < 4.78 is 5.80. The van der Waals surface area contributed by atoms with E-state index in [0.29, 0.717) is 17.9 Å². The molecule has 1 aliphatic heterocycles. The van der Waals surface area contributed by atoms with Gasteiger partial charge in [-0.2, -0.15) is 0 Å². The third-order valence-electron chi connectivity index (χ3n) is 5.63. The molecule has 5 heteroatoms. The molecular weight excluding hydrogens is 412 g/mol. The first-order chi connectivity index (χ1) is 15.7. The molecule has 0 aromatic heterocycles. The smallest absolute Gasteiger partial charge is 0.261 e. The highest BCUT2D eigenvalue weighted by molar-refractivity contribution is 5.91. The molecule has 0 fully saturated rings. The summed E-state index contributed by atoms with van der Waals surface area (Å²) >= 11 is 0. The number of fused-ring (bicyclic) bond motifs is 1. The fourth-order valence-electron chi connectivity index (χ4n) is 4.21. The van der Waals surface area contributed by atoms with Crippen LogP contribution >= 0.6 is 0 Å². The Balaban J connectivity index is 1.78. The standard InChI is InChI=1S/C28H30N2O3/c1-19-10-9-12-20(16-19)22-13-6-5-11-21(22)17-30-25(31)18-33-24-15-8-7-14-23(24)26(30)27(32)29-28(2,3)4/h5-16,26H,17-18H2,1-4H3,(H,29,32). The molecule has 1 aliphatic rings. The van der Waals surface area contributed by atoms with Gasteiger partial charge in [0.15, 0.2) is 6.61 Å². The number of para-hydroxylation sites is 1. The maximum atomic E-state index is 13.5. The van der Waals surface area contributed by atoms with Crippen LogP contribution in [0.3, 0.4) is 0 Å². The highest BCUT2D eigenvalue weighted by atomic mass is 16.5. The van der Waals surface area contributed by atoms with Crippen molar-refractivity contribution in [2.24, 2.45) is 0 Å². The van der Waals surface area contributed by atoms with E-state index in [1.165, 1.54) is 0 Å². The topological polar surface area (TPSA) is 58.6 Å². The fourth-order valence-corrected chi connectivity index (χ4v) is 4.21. The van der Waals surface area contributed by atoms with E-state index in [9.17, 15) is 9.59 Å². The van der Waals surface area contributed by atoms with Gasteiger partial charge < -0.3 is 15.0 Å². The number of hydrogen-bond acceptors (Lipinski definition) is 3. The van der Waals surface area contributed by atoms with Gasteiger partial charge in [-0.25, -0.2) is 0 Å². The number of hydrogen-bond donors (Lipinski definition) is 1. The summed E-state index contributed by atoms with van der Waals surface area (Å²) in [5, 5.41) is 3.06. The van der Waals surface area contributed by atoms with Crippen LogP contribution < -0.4 is 10.1 Å². The molecule has 3 aromatic carbocycles. The lowest BCUT2D eigenvalue weighted by Crippen LogP contribution is -2.49. The molecule has 1 heterocycles. The molecule has 0 bridgehead atoms. The van der Waals surface area contributed by atoms with Gasteiger partial charge in [0, 0.05) is 17.6 Å². The molecule has 4 rings (SSSR count). The molecule has 5 nitrogen and oxygen atoms in total. The summed E-state index contributed by atoms with van der Waals surface area (Å²) in [6.45, 7) is 8.05. The van der Waals surface area contributed by atoms with E-state index in [0.717, 1.165) is 22.3 Å². The normalized spacial score (nSPS) is 15.9. The summed E-state index contributed by atoms with van der Waals surface area (Å²) in [6, 6.07) is 22.9. The van der Waals surface area contributed by atoms with Crippen LogP contribution in [-0.4, -0.2) is 28.9 Å². The van der Waals surface area contributed by atoms with E-state index < -0.39 is 11.6 Å². The quantitative estimate of drug-likeness (QED) is 0.616. The van der Waals surface area contributed by atoms with Crippen molar-refractivity contribution in [3.8, 4) is 16.9 Å². The van der Waals surface area contributed by atoms with Gasteiger partial charge in [-0.15, -0.1) is 0 Å². The third kappa shape index (κ3) is 5.08. The van der Waals surface area contributed by atoms with Gasteiger partial charge in [-0.1, -0.05) is 72.3 Å². The number of nitrogens with one attached hydrogen (secondary N) is 1. The van der Waals surface area contributed by atoms with Crippen molar-refractivity contribution in [1.29, 1.82) is 0 Å². The summed E-state index contributed by atoms with van der Waals surface area (Å²) in [5.41, 5.74) is 4.52. The number of ether oxygens (including phenoxy) is 1. The molecule has 3 aromatic rings. The Bertz CT molecular complexity index is 1180. The largest absolute Gasteiger partial charge is 0.483 e. The predicted molar refractivity (Wildman–Crippen MR) is 130 cm³/mol. The molecule has 0 saturated heterocycles. The molecule has 0 radical (unpaired) electrons. The zero-order chi connectivity index (χ0) is 23.6. The van der Waals surface area contributed by atoms with Crippen LogP contribution in [0, 0.1) is 6.92 Å². The maximum Gasteiger partial charge on any atom is 0.261 e. The van der Waals surface area contributed by atoms with Crippen molar-refractivity contribution >= 4 is 11.8 Å². The van der Waals surface area contributed by atoms with E-state index in [-0.39, 0.29) is 18.4 Å². The molecule has 0 spiro atoms. The second-order valence-corrected chi connectivity index (χ2v) is 9.52. The first kappa shape index (κ1) is 22.6. The Kier molecular flexibility index (Phi) is 6.23. The van der Waals surface area contributed by atoms with Gasteiger partial charge in [0.2, 0.25) is 5.91 Å². The number of aryl methyl sites for hydroxylation is 1. The number of carbonyl (C=O) groups excluding carboxylic acids is 2. The van der Waals surface area contributed by atoms with Crippen molar-refractivity contribution in [2.75, 3.05) is 6.61 Å². The van der Waals surface area contributed by atoms with Gasteiger partial charge in [0.25, 0.3) is 5.91 Å². The molecule has 1 atom stereocenters. The Morgan fingerprint density at radius 2 is 1.76 bits per heavy atom. The van der Waals surface area contributed by atoms with Crippen molar-refractivity contribution in [3.05, 3.63) is 89.5 Å². The van der Waals surface area contributed by atoms with Crippen LogP contribution in [0.1, 0.15) is 43.5 Å². The molecule has 170 valence electrons. The second-order valence-electron chi connectivity index (χ2n) is 9.52. The van der Waals surface area contributed by atoms with E-state index >= 15 is 0 Å². The predicted octanol–water partition coefficient (Wildman–Crippen LogP) is 5.04.